The van der Waals surface area contributed by atoms with E-state index in [2.05, 4.69) is 57.7 Å². The number of hydrogen-bond donors (Lipinski definition) is 2. The van der Waals surface area contributed by atoms with Crippen LogP contribution < -0.4 is 20.4 Å². The lowest BCUT2D eigenvalue weighted by molar-refractivity contribution is 0.251. The maximum atomic E-state index is 13.5. The van der Waals surface area contributed by atoms with Gasteiger partial charge >= 0.3 is 6.03 Å². The summed E-state index contributed by atoms with van der Waals surface area (Å²) in [4.78, 5) is 34.9. The summed E-state index contributed by atoms with van der Waals surface area (Å²) in [6.45, 7) is 4.26. The van der Waals surface area contributed by atoms with E-state index in [0.29, 0.717) is 24.3 Å². The van der Waals surface area contributed by atoms with Gasteiger partial charge in [-0.25, -0.2) is 18.4 Å². The summed E-state index contributed by atoms with van der Waals surface area (Å²) in [5.41, 5.74) is 6.85. The van der Waals surface area contributed by atoms with Gasteiger partial charge in [-0.3, -0.25) is 14.8 Å². The minimum absolute atomic E-state index is 0.180. The van der Waals surface area contributed by atoms with Gasteiger partial charge in [-0.05, 0) is 71.7 Å². The number of anilines is 6. The topological polar surface area (TPSA) is 104 Å². The quantitative estimate of drug-likeness (QED) is 0.215. The van der Waals surface area contributed by atoms with E-state index in [4.69, 9.17) is 4.98 Å². The lowest BCUT2D eigenvalue weighted by Gasteiger charge is -2.35. The molecule has 0 fully saturated rings. The van der Waals surface area contributed by atoms with Crippen molar-refractivity contribution in [1.82, 2.24) is 23.5 Å². The van der Waals surface area contributed by atoms with Crippen LogP contribution >= 0.6 is 32.1 Å². The largest absolute Gasteiger partial charge is 0.330 e. The second kappa shape index (κ2) is 9.93. The Hall–Kier alpha value is -4.03. The Balaban J connectivity index is 1.28. The molecule has 4 heterocycles. The molecule has 0 unspecified atom stereocenters. The summed E-state index contributed by atoms with van der Waals surface area (Å²) in [5.74, 6) is 1.59. The Morgan fingerprint density at radius 1 is 0.949 bits per heavy atom. The SMILES string of the molecule is Cc1ccc(Nc2ncc3c(n2)N(C)C(=O)N(c2cc(Nc4nc5c(Br)cccc5n4Br)ccc2C)C3)cn1. The summed E-state index contributed by atoms with van der Waals surface area (Å²) in [7, 11) is 1.72. The third kappa shape index (κ3) is 4.70. The highest BCUT2D eigenvalue weighted by Gasteiger charge is 2.31. The average molecular weight is 649 g/mol. The molecule has 10 nitrogen and oxygen atoms in total. The monoisotopic (exact) mass is 647 g/mol. The minimum Gasteiger partial charge on any atom is -0.325 e. The number of aryl methyl sites for hydroxylation is 2. The van der Waals surface area contributed by atoms with E-state index >= 15 is 0 Å². The molecule has 0 radical (unpaired) electrons. The summed E-state index contributed by atoms with van der Waals surface area (Å²) in [6, 6.07) is 15.4. The molecule has 0 atom stereocenters. The van der Waals surface area contributed by atoms with Gasteiger partial charge in [0.2, 0.25) is 11.9 Å². The van der Waals surface area contributed by atoms with E-state index in [-0.39, 0.29) is 6.03 Å². The van der Waals surface area contributed by atoms with E-state index in [1.165, 1.54) is 0 Å². The number of carbonyl (C=O) groups excluding carboxylic acids is 1. The molecule has 2 N–H and O–H groups in total. The molecule has 0 spiro atoms. The number of benzene rings is 2. The van der Waals surface area contributed by atoms with Gasteiger partial charge < -0.3 is 10.6 Å². The predicted octanol–water partition coefficient (Wildman–Crippen LogP) is 6.82. The molecule has 12 heteroatoms. The number of carbonyl (C=O) groups is 1. The summed E-state index contributed by atoms with van der Waals surface area (Å²) in [5, 5.41) is 6.53. The molecule has 2 amide bonds. The molecule has 0 saturated heterocycles. The number of aromatic nitrogens is 5. The molecule has 0 saturated carbocycles. The van der Waals surface area contributed by atoms with Gasteiger partial charge in [0.05, 0.1) is 45.8 Å². The normalized spacial score (nSPS) is 13.1. The van der Waals surface area contributed by atoms with Crippen LogP contribution in [0, 0.1) is 13.8 Å². The zero-order valence-electron chi connectivity index (χ0n) is 21.3. The molecule has 6 rings (SSSR count). The van der Waals surface area contributed by atoms with Crippen molar-refractivity contribution in [2.45, 2.75) is 20.4 Å². The number of urea groups is 1. The van der Waals surface area contributed by atoms with Crippen molar-refractivity contribution in [3.05, 3.63) is 82.2 Å². The summed E-state index contributed by atoms with van der Waals surface area (Å²) in [6.07, 6.45) is 3.48. The second-order valence-corrected chi connectivity index (χ2v) is 10.8. The molecule has 5 aromatic rings. The third-order valence-corrected chi connectivity index (χ3v) is 7.87. The number of halogens is 2. The van der Waals surface area contributed by atoms with Crippen molar-refractivity contribution in [2.75, 3.05) is 27.5 Å². The van der Waals surface area contributed by atoms with Gasteiger partial charge in [0, 0.05) is 34.7 Å². The fourth-order valence-electron chi connectivity index (χ4n) is 4.45. The number of nitrogens with zero attached hydrogens (tertiary/aromatic N) is 7. The molecule has 2 aromatic carbocycles. The Morgan fingerprint density at radius 3 is 2.54 bits per heavy atom. The number of hydrogen-bond acceptors (Lipinski definition) is 7. The average Bonchev–Trinajstić information content (AvgIpc) is 3.25. The van der Waals surface area contributed by atoms with Crippen molar-refractivity contribution in [2.24, 2.45) is 0 Å². The Kier molecular flexibility index (Phi) is 6.43. The van der Waals surface area contributed by atoms with Crippen LogP contribution in [0.4, 0.5) is 39.6 Å². The second-order valence-electron chi connectivity index (χ2n) is 9.23. The van der Waals surface area contributed by atoms with Crippen LogP contribution in [0.3, 0.4) is 0 Å². The van der Waals surface area contributed by atoms with Crippen LogP contribution in [0.2, 0.25) is 0 Å². The maximum Gasteiger partial charge on any atom is 0.330 e. The molecule has 1 aliphatic heterocycles. The molecule has 39 heavy (non-hydrogen) atoms. The van der Waals surface area contributed by atoms with E-state index in [0.717, 1.165) is 49.4 Å². The highest BCUT2D eigenvalue weighted by molar-refractivity contribution is 9.10. The maximum absolute atomic E-state index is 13.5. The molecule has 196 valence electrons. The summed E-state index contributed by atoms with van der Waals surface area (Å²) >= 11 is 7.16. The number of imidazole rings is 1. The molecular weight excluding hydrogens is 626 g/mol. The van der Waals surface area contributed by atoms with Crippen molar-refractivity contribution >= 4 is 83.9 Å². The van der Waals surface area contributed by atoms with Crippen molar-refractivity contribution in [3.8, 4) is 0 Å². The number of pyridine rings is 1. The van der Waals surface area contributed by atoms with Crippen LogP contribution in [-0.2, 0) is 6.54 Å². The highest BCUT2D eigenvalue weighted by atomic mass is 79.9. The van der Waals surface area contributed by atoms with Crippen LogP contribution in [0.1, 0.15) is 16.8 Å². The molecular formula is C27H23Br2N9O. The fraction of sp³-hybridized carbons (Fsp3) is 0.148. The van der Waals surface area contributed by atoms with Gasteiger partial charge in [-0.2, -0.15) is 4.98 Å². The van der Waals surface area contributed by atoms with Gasteiger partial charge in [0.15, 0.2) is 0 Å². The first-order chi connectivity index (χ1) is 18.8. The molecule has 0 bridgehead atoms. The first kappa shape index (κ1) is 25.3. The molecule has 3 aromatic heterocycles. The van der Waals surface area contributed by atoms with Crippen LogP contribution in [0.15, 0.2) is 65.4 Å². The third-order valence-electron chi connectivity index (χ3n) is 6.51. The zero-order valence-corrected chi connectivity index (χ0v) is 24.4. The van der Waals surface area contributed by atoms with Crippen LogP contribution in [0.25, 0.3) is 11.0 Å². The predicted molar refractivity (Wildman–Crippen MR) is 160 cm³/mol. The molecule has 1 aliphatic rings. The first-order valence-corrected chi connectivity index (χ1v) is 13.6. The van der Waals surface area contributed by atoms with E-state index in [1.54, 1.807) is 29.2 Å². The summed E-state index contributed by atoms with van der Waals surface area (Å²) < 4.78 is 2.72. The fourth-order valence-corrected chi connectivity index (χ4v) is 5.35. The van der Waals surface area contributed by atoms with Crippen molar-refractivity contribution in [3.63, 3.8) is 0 Å². The Bertz CT molecular complexity index is 1740. The Morgan fingerprint density at radius 2 is 1.77 bits per heavy atom. The lowest BCUT2D eigenvalue weighted by atomic mass is 10.1. The van der Waals surface area contributed by atoms with Gasteiger partial charge in [-0.15, -0.1) is 0 Å². The van der Waals surface area contributed by atoms with E-state index in [9.17, 15) is 4.79 Å². The lowest BCUT2D eigenvalue weighted by Crippen LogP contribution is -2.46. The van der Waals surface area contributed by atoms with E-state index in [1.807, 2.05) is 66.0 Å². The molecule has 0 aliphatic carbocycles. The number of para-hydroxylation sites is 1. The first-order valence-electron chi connectivity index (χ1n) is 12.1. The zero-order chi connectivity index (χ0) is 27.3. The minimum atomic E-state index is -0.180. The standard InChI is InChI=1S/C27H23Br2N9O/c1-15-7-9-18(33-26-34-23-20(28)5-4-6-21(23)38(26)29)11-22(15)37-14-17-12-31-25(35-24(17)36(3)27(37)39)32-19-10-8-16(2)30-13-19/h4-13H,14H2,1-3H3,(H,33,34)(H,31,32,35). The van der Waals surface area contributed by atoms with Crippen LogP contribution in [0.5, 0.6) is 0 Å². The highest BCUT2D eigenvalue weighted by Crippen LogP contribution is 2.35. The van der Waals surface area contributed by atoms with E-state index < -0.39 is 0 Å². The Labute approximate surface area is 241 Å². The van der Waals surface area contributed by atoms with Gasteiger partial charge in [0.25, 0.3) is 0 Å². The number of fused-ring (bicyclic) bond motifs is 2. The number of nitrogens with one attached hydrogen (secondary N) is 2. The van der Waals surface area contributed by atoms with Crippen LogP contribution in [-0.4, -0.2) is 36.6 Å². The van der Waals surface area contributed by atoms with Gasteiger partial charge in [-0.1, -0.05) is 12.1 Å². The smallest absolute Gasteiger partial charge is 0.325 e. The van der Waals surface area contributed by atoms with Crippen molar-refractivity contribution < 1.29 is 4.79 Å². The number of amides is 2. The van der Waals surface area contributed by atoms with Crippen molar-refractivity contribution in [1.29, 1.82) is 0 Å². The number of rotatable bonds is 5. The van der Waals surface area contributed by atoms with Gasteiger partial charge in [0.1, 0.15) is 11.3 Å².